The van der Waals surface area contributed by atoms with Gasteiger partial charge in [-0.3, -0.25) is 4.79 Å². The van der Waals surface area contributed by atoms with E-state index in [9.17, 15) is 4.79 Å². The zero-order valence-electron chi connectivity index (χ0n) is 12.0. The molecule has 0 bridgehead atoms. The van der Waals surface area contributed by atoms with Crippen LogP contribution >= 0.6 is 11.8 Å². The van der Waals surface area contributed by atoms with Gasteiger partial charge in [0, 0.05) is 19.5 Å². The summed E-state index contributed by atoms with van der Waals surface area (Å²) in [6.45, 7) is 2.00. The molecule has 0 unspecified atom stereocenters. The zero-order chi connectivity index (χ0) is 14.4. The van der Waals surface area contributed by atoms with E-state index in [2.05, 4.69) is 6.07 Å². The van der Waals surface area contributed by atoms with Gasteiger partial charge in [0.2, 0.25) is 5.91 Å². The average Bonchev–Trinajstić information content (AvgIpc) is 2.48. The van der Waals surface area contributed by atoms with Crippen LogP contribution in [0.15, 0.2) is 24.3 Å². The number of carbonyl (C=O) groups excluding carboxylic acids is 1. The van der Waals surface area contributed by atoms with Gasteiger partial charge in [-0.2, -0.15) is 11.8 Å². The molecule has 0 aliphatic carbocycles. The third-order valence-corrected chi connectivity index (χ3v) is 3.89. The summed E-state index contributed by atoms with van der Waals surface area (Å²) in [6.07, 6.45) is 2.83. The molecule has 5 heteroatoms. The fourth-order valence-electron chi connectivity index (χ4n) is 2.35. The third-order valence-electron chi connectivity index (χ3n) is 3.36. The van der Waals surface area contributed by atoms with Gasteiger partial charge in [0.05, 0.1) is 25.6 Å². The molecule has 1 atom stereocenters. The smallest absolute Gasteiger partial charge is 0.232 e. The minimum atomic E-state index is 0.0710. The Morgan fingerprint density at radius 2 is 2.40 bits per heavy atom. The van der Waals surface area contributed by atoms with Crippen molar-refractivity contribution in [2.75, 3.05) is 38.8 Å². The number of ether oxygens (including phenoxy) is 2. The Hall–Kier alpha value is -1.20. The van der Waals surface area contributed by atoms with Crippen molar-refractivity contribution in [3.63, 3.8) is 0 Å². The topological polar surface area (TPSA) is 38.8 Å². The Morgan fingerprint density at radius 1 is 1.55 bits per heavy atom. The van der Waals surface area contributed by atoms with Crippen molar-refractivity contribution >= 4 is 17.7 Å². The molecule has 0 N–H and O–H groups in total. The second-order valence-corrected chi connectivity index (χ2v) is 5.69. The van der Waals surface area contributed by atoms with Crippen LogP contribution in [-0.4, -0.2) is 55.7 Å². The average molecular weight is 295 g/mol. The normalized spacial score (nSPS) is 18.9. The van der Waals surface area contributed by atoms with Crippen LogP contribution < -0.4 is 4.74 Å². The maximum Gasteiger partial charge on any atom is 0.232 e. The van der Waals surface area contributed by atoms with Gasteiger partial charge < -0.3 is 14.4 Å². The van der Waals surface area contributed by atoms with E-state index in [0.717, 1.165) is 12.2 Å². The molecular formula is C15H21NO3S. The van der Waals surface area contributed by atoms with Crippen molar-refractivity contribution in [1.29, 1.82) is 0 Å². The predicted octanol–water partition coefficient (Wildman–Crippen LogP) is 1.83. The van der Waals surface area contributed by atoms with Gasteiger partial charge in [-0.25, -0.2) is 0 Å². The van der Waals surface area contributed by atoms with E-state index in [1.165, 1.54) is 5.56 Å². The molecule has 2 rings (SSSR count). The van der Waals surface area contributed by atoms with Crippen molar-refractivity contribution in [3.8, 4) is 5.75 Å². The lowest BCUT2D eigenvalue weighted by Gasteiger charge is -2.33. The minimum Gasteiger partial charge on any atom is -0.497 e. The predicted molar refractivity (Wildman–Crippen MR) is 81.4 cm³/mol. The van der Waals surface area contributed by atoms with Crippen LogP contribution in [0.2, 0.25) is 0 Å². The zero-order valence-corrected chi connectivity index (χ0v) is 12.8. The van der Waals surface area contributed by atoms with Crippen molar-refractivity contribution in [1.82, 2.24) is 4.90 Å². The fourth-order valence-corrected chi connectivity index (χ4v) is 2.78. The summed E-state index contributed by atoms with van der Waals surface area (Å²) in [6, 6.07) is 7.99. The Bertz CT molecular complexity index is 452. The van der Waals surface area contributed by atoms with E-state index < -0.39 is 0 Å². The standard InChI is InChI=1S/C15H21NO3S/c1-18-13-5-3-4-12(8-13)9-14-10-16(6-7-19-14)15(17)11-20-2/h3-5,8,14H,6-7,9-11H2,1-2H3/t14-/m0/s1. The summed E-state index contributed by atoms with van der Waals surface area (Å²) in [5.41, 5.74) is 1.17. The Balaban J connectivity index is 1.93. The minimum absolute atomic E-state index is 0.0710. The summed E-state index contributed by atoms with van der Waals surface area (Å²) >= 11 is 1.56. The SMILES string of the molecule is COc1cccc(C[C@H]2CN(C(=O)CSC)CCO2)c1. The lowest BCUT2D eigenvalue weighted by Crippen LogP contribution is -2.47. The lowest BCUT2D eigenvalue weighted by molar-refractivity contribution is -0.135. The van der Waals surface area contributed by atoms with Crippen LogP contribution in [0.4, 0.5) is 0 Å². The van der Waals surface area contributed by atoms with Crippen molar-refractivity contribution in [2.24, 2.45) is 0 Å². The number of hydrogen-bond acceptors (Lipinski definition) is 4. The summed E-state index contributed by atoms with van der Waals surface area (Å²) in [4.78, 5) is 13.8. The molecule has 0 saturated carbocycles. The molecule has 1 aliphatic heterocycles. The summed E-state index contributed by atoms with van der Waals surface area (Å²) < 4.78 is 11.0. The van der Waals surface area contributed by atoms with Gasteiger partial charge >= 0.3 is 0 Å². The van der Waals surface area contributed by atoms with Crippen LogP contribution in [0.3, 0.4) is 0 Å². The number of carbonyl (C=O) groups is 1. The van der Waals surface area contributed by atoms with E-state index in [1.807, 2.05) is 29.4 Å². The van der Waals surface area contributed by atoms with Crippen LogP contribution in [0.5, 0.6) is 5.75 Å². The molecule has 1 aromatic rings. The number of hydrogen-bond donors (Lipinski definition) is 0. The Morgan fingerprint density at radius 3 is 3.15 bits per heavy atom. The molecule has 1 aliphatic rings. The van der Waals surface area contributed by atoms with E-state index in [-0.39, 0.29) is 12.0 Å². The third kappa shape index (κ3) is 4.15. The highest BCUT2D eigenvalue weighted by Crippen LogP contribution is 2.17. The molecule has 4 nitrogen and oxygen atoms in total. The number of benzene rings is 1. The van der Waals surface area contributed by atoms with Crippen molar-refractivity contribution in [2.45, 2.75) is 12.5 Å². The molecule has 20 heavy (non-hydrogen) atoms. The molecule has 1 heterocycles. The van der Waals surface area contributed by atoms with Gasteiger partial charge in [0.15, 0.2) is 0 Å². The van der Waals surface area contributed by atoms with E-state index in [0.29, 0.717) is 25.4 Å². The molecule has 1 saturated heterocycles. The summed E-state index contributed by atoms with van der Waals surface area (Å²) in [5.74, 6) is 1.61. The number of morpholine rings is 1. The first-order chi connectivity index (χ1) is 9.72. The van der Waals surface area contributed by atoms with Gasteiger partial charge in [-0.1, -0.05) is 12.1 Å². The highest BCUT2D eigenvalue weighted by Gasteiger charge is 2.24. The van der Waals surface area contributed by atoms with Crippen LogP contribution in [-0.2, 0) is 16.0 Å². The number of amides is 1. The molecule has 0 radical (unpaired) electrons. The highest BCUT2D eigenvalue weighted by atomic mass is 32.2. The van der Waals surface area contributed by atoms with Crippen LogP contribution in [0, 0.1) is 0 Å². The molecule has 1 amide bonds. The largest absolute Gasteiger partial charge is 0.497 e. The van der Waals surface area contributed by atoms with Gasteiger partial charge in [0.1, 0.15) is 5.75 Å². The number of nitrogens with zero attached hydrogens (tertiary/aromatic N) is 1. The quantitative estimate of drug-likeness (QED) is 0.831. The fraction of sp³-hybridized carbons (Fsp3) is 0.533. The lowest BCUT2D eigenvalue weighted by atomic mass is 10.1. The van der Waals surface area contributed by atoms with Crippen LogP contribution in [0.1, 0.15) is 5.56 Å². The monoisotopic (exact) mass is 295 g/mol. The first-order valence-corrected chi connectivity index (χ1v) is 8.13. The van der Waals surface area contributed by atoms with E-state index in [1.54, 1.807) is 18.9 Å². The second kappa shape index (κ2) is 7.55. The van der Waals surface area contributed by atoms with Crippen LogP contribution in [0.25, 0.3) is 0 Å². The summed E-state index contributed by atoms with van der Waals surface area (Å²) in [7, 11) is 1.67. The first kappa shape index (κ1) is 15.2. The Labute approximate surface area is 124 Å². The number of methoxy groups -OCH3 is 1. The van der Waals surface area contributed by atoms with Gasteiger partial charge in [-0.15, -0.1) is 0 Å². The van der Waals surface area contributed by atoms with Crippen molar-refractivity contribution in [3.05, 3.63) is 29.8 Å². The van der Waals surface area contributed by atoms with Gasteiger partial charge in [-0.05, 0) is 24.0 Å². The molecule has 0 spiro atoms. The molecule has 1 aromatic carbocycles. The number of thioether (sulfide) groups is 1. The van der Waals surface area contributed by atoms with Gasteiger partial charge in [0.25, 0.3) is 0 Å². The Kier molecular flexibility index (Phi) is 5.73. The summed E-state index contributed by atoms with van der Waals surface area (Å²) in [5, 5.41) is 0. The van der Waals surface area contributed by atoms with E-state index >= 15 is 0 Å². The highest BCUT2D eigenvalue weighted by molar-refractivity contribution is 7.99. The second-order valence-electron chi connectivity index (χ2n) is 4.82. The van der Waals surface area contributed by atoms with Crippen molar-refractivity contribution < 1.29 is 14.3 Å². The maximum atomic E-state index is 11.9. The molecular weight excluding hydrogens is 274 g/mol. The molecule has 1 fully saturated rings. The first-order valence-electron chi connectivity index (χ1n) is 6.74. The molecule has 0 aromatic heterocycles. The maximum absolute atomic E-state index is 11.9. The van der Waals surface area contributed by atoms with E-state index in [4.69, 9.17) is 9.47 Å². The molecule has 110 valence electrons. The number of rotatable bonds is 5.